The van der Waals surface area contributed by atoms with E-state index in [0.717, 1.165) is 27.8 Å². The number of aliphatic hydroxyl groups is 1. The Hall–Kier alpha value is -6.14. The van der Waals surface area contributed by atoms with Gasteiger partial charge in [0.2, 0.25) is 5.91 Å². The number of hydrogen-bond donors (Lipinski definition) is 2. The smallest absolute Gasteiger partial charge is 0.251 e. The monoisotopic (exact) mass is 864 g/mol. The van der Waals surface area contributed by atoms with Gasteiger partial charge in [-0.2, -0.15) is 0 Å². The number of carbonyl (C=O) groups is 2. The largest absolute Gasteiger partial charge is 0.497 e. The molecule has 6 aromatic carbocycles. The lowest BCUT2D eigenvalue weighted by Gasteiger charge is -2.39. The van der Waals surface area contributed by atoms with Crippen LogP contribution in [0.2, 0.25) is 0 Å². The van der Waals surface area contributed by atoms with Crippen molar-refractivity contribution in [1.29, 1.82) is 0 Å². The van der Waals surface area contributed by atoms with Crippen LogP contribution in [0.5, 0.6) is 5.75 Å². The normalized spacial score (nSPS) is 13.6. The zero-order valence-electron chi connectivity index (χ0n) is 36.9. The molecule has 0 spiro atoms. The average Bonchev–Trinajstić information content (AvgIpc) is 3.34. The lowest BCUT2D eigenvalue weighted by molar-refractivity contribution is -0.192. The van der Waals surface area contributed by atoms with Crippen LogP contribution in [-0.2, 0) is 56.7 Å². The molecule has 64 heavy (non-hydrogen) atoms. The molecule has 10 heteroatoms. The number of carbonyl (C=O) groups excluding carboxylic acids is 2. The summed E-state index contributed by atoms with van der Waals surface area (Å²) in [5.41, 5.74) is 4.96. The molecule has 0 aliphatic heterocycles. The van der Waals surface area contributed by atoms with E-state index in [-0.39, 0.29) is 63.9 Å². The molecule has 0 saturated carbocycles. The minimum absolute atomic E-state index is 0.00433. The quantitative estimate of drug-likeness (QED) is 0.0587. The molecule has 334 valence electrons. The first-order valence-corrected chi connectivity index (χ1v) is 21.8. The van der Waals surface area contributed by atoms with Gasteiger partial charge in [-0.15, -0.1) is 0 Å². The van der Waals surface area contributed by atoms with E-state index in [2.05, 4.69) is 5.32 Å². The SMILES string of the molecule is COc1ccc(CN(C[C@H](OCc2ccccc2)[C@@H](OCc2ccccc2)[C@H](OCc2ccccc2)[C@H](O)COCc2ccccc2)C(=O)[C@@H](NC(=O)c2ccccc2)C(C)C)cc1. The second-order valence-corrected chi connectivity index (χ2v) is 16.1. The number of methoxy groups -OCH3 is 1. The first kappa shape index (κ1) is 47.3. The summed E-state index contributed by atoms with van der Waals surface area (Å²) >= 11 is 0. The molecule has 0 aromatic heterocycles. The summed E-state index contributed by atoms with van der Waals surface area (Å²) in [6, 6.07) is 54.5. The highest BCUT2D eigenvalue weighted by Crippen LogP contribution is 2.25. The summed E-state index contributed by atoms with van der Waals surface area (Å²) in [5, 5.41) is 15.3. The van der Waals surface area contributed by atoms with Gasteiger partial charge in [-0.05, 0) is 58.0 Å². The third-order valence-electron chi connectivity index (χ3n) is 10.8. The van der Waals surface area contributed by atoms with Crippen molar-refractivity contribution in [3.8, 4) is 5.75 Å². The van der Waals surface area contributed by atoms with E-state index in [1.165, 1.54) is 0 Å². The maximum absolute atomic E-state index is 15.2. The predicted molar refractivity (Wildman–Crippen MR) is 248 cm³/mol. The number of benzene rings is 6. The number of hydrogen-bond acceptors (Lipinski definition) is 8. The van der Waals surface area contributed by atoms with Crippen molar-refractivity contribution in [2.45, 2.75) is 77.3 Å². The Bertz CT molecular complexity index is 2230. The molecular weight excluding hydrogens is 805 g/mol. The molecule has 0 unspecified atom stereocenters. The van der Waals surface area contributed by atoms with Crippen molar-refractivity contribution >= 4 is 11.8 Å². The van der Waals surface area contributed by atoms with E-state index in [0.29, 0.717) is 11.3 Å². The lowest BCUT2D eigenvalue weighted by atomic mass is 9.98. The van der Waals surface area contributed by atoms with Crippen LogP contribution in [-0.4, -0.2) is 72.5 Å². The number of rotatable bonds is 25. The minimum atomic E-state index is -1.18. The molecule has 0 saturated heterocycles. The molecule has 0 aliphatic rings. The van der Waals surface area contributed by atoms with E-state index in [9.17, 15) is 9.90 Å². The summed E-state index contributed by atoms with van der Waals surface area (Å²) in [6.07, 6.45) is -4.02. The van der Waals surface area contributed by atoms with Gasteiger partial charge in [0.1, 0.15) is 36.2 Å². The summed E-state index contributed by atoms with van der Waals surface area (Å²) in [5.74, 6) is -0.264. The van der Waals surface area contributed by atoms with Crippen molar-refractivity contribution in [2.75, 3.05) is 20.3 Å². The van der Waals surface area contributed by atoms with Crippen LogP contribution in [0.1, 0.15) is 52.0 Å². The van der Waals surface area contributed by atoms with Gasteiger partial charge >= 0.3 is 0 Å². The number of aliphatic hydroxyl groups excluding tert-OH is 1. The van der Waals surface area contributed by atoms with Crippen LogP contribution < -0.4 is 10.1 Å². The first-order valence-electron chi connectivity index (χ1n) is 21.8. The maximum Gasteiger partial charge on any atom is 0.251 e. The van der Waals surface area contributed by atoms with Gasteiger partial charge < -0.3 is 39.0 Å². The highest BCUT2D eigenvalue weighted by Gasteiger charge is 2.40. The fourth-order valence-corrected chi connectivity index (χ4v) is 7.29. The van der Waals surface area contributed by atoms with Crippen molar-refractivity contribution in [1.82, 2.24) is 10.2 Å². The van der Waals surface area contributed by atoms with Gasteiger partial charge in [-0.3, -0.25) is 9.59 Å². The Balaban J connectivity index is 1.40. The van der Waals surface area contributed by atoms with Crippen LogP contribution in [0.15, 0.2) is 176 Å². The van der Waals surface area contributed by atoms with Gasteiger partial charge in [0, 0.05) is 18.7 Å². The number of nitrogens with zero attached hydrogens (tertiary/aromatic N) is 1. The second kappa shape index (κ2) is 25.2. The second-order valence-electron chi connectivity index (χ2n) is 16.1. The highest BCUT2D eigenvalue weighted by atomic mass is 16.6. The molecule has 6 aromatic rings. The van der Waals surface area contributed by atoms with E-state index < -0.39 is 30.5 Å². The molecule has 2 N–H and O–H groups in total. The molecule has 6 rings (SSSR count). The molecule has 0 aliphatic carbocycles. The van der Waals surface area contributed by atoms with Crippen LogP contribution >= 0.6 is 0 Å². The summed E-state index contributed by atoms with van der Waals surface area (Å²) < 4.78 is 32.2. The van der Waals surface area contributed by atoms with Crippen LogP contribution in [0.4, 0.5) is 0 Å². The fraction of sp³-hybridized carbons (Fsp3) is 0.296. The number of nitrogens with one attached hydrogen (secondary N) is 1. The minimum Gasteiger partial charge on any atom is -0.497 e. The predicted octanol–water partition coefficient (Wildman–Crippen LogP) is 8.81. The van der Waals surface area contributed by atoms with Crippen molar-refractivity contribution in [2.24, 2.45) is 5.92 Å². The van der Waals surface area contributed by atoms with E-state index in [1.54, 1.807) is 36.3 Å². The fourth-order valence-electron chi connectivity index (χ4n) is 7.29. The third-order valence-corrected chi connectivity index (χ3v) is 10.8. The Labute approximate surface area is 377 Å². The summed E-state index contributed by atoms with van der Waals surface area (Å²) in [4.78, 5) is 30.5. The van der Waals surface area contributed by atoms with Crippen LogP contribution in [0, 0.1) is 5.92 Å². The lowest BCUT2D eigenvalue weighted by Crippen LogP contribution is -2.56. The van der Waals surface area contributed by atoms with Crippen molar-refractivity contribution in [3.63, 3.8) is 0 Å². The van der Waals surface area contributed by atoms with Crippen molar-refractivity contribution in [3.05, 3.63) is 209 Å². The van der Waals surface area contributed by atoms with Gasteiger partial charge in [-0.1, -0.05) is 166 Å². The Morgan fingerprint density at radius 3 is 1.50 bits per heavy atom. The Morgan fingerprint density at radius 2 is 1.02 bits per heavy atom. The molecule has 0 fully saturated rings. The highest BCUT2D eigenvalue weighted by molar-refractivity contribution is 5.97. The third kappa shape index (κ3) is 14.7. The zero-order chi connectivity index (χ0) is 44.9. The average molecular weight is 865 g/mol. The standard InChI is InChI=1S/C54H60N2O8/c1-40(2)50(55-53(58)46-27-17-8-18-28-46)54(59)56(33-41-29-31-47(60-3)32-30-41)34-49(62-36-43-21-11-5-12-22-43)52(64-38-45-25-15-7-16-26-45)51(63-37-44-23-13-6-14-24-44)48(57)39-61-35-42-19-9-4-10-20-42/h4-32,40,48-52,57H,33-39H2,1-3H3,(H,55,58)/t48-,49+,50+,51-,52-/m1/s1. The molecule has 2 amide bonds. The number of ether oxygens (including phenoxy) is 5. The van der Waals surface area contributed by atoms with Crippen LogP contribution in [0.25, 0.3) is 0 Å². The summed E-state index contributed by atoms with van der Waals surface area (Å²) in [7, 11) is 1.61. The van der Waals surface area contributed by atoms with Gasteiger partial charge in [0.05, 0.1) is 40.1 Å². The molecule has 0 radical (unpaired) electrons. The summed E-state index contributed by atoms with van der Waals surface area (Å²) in [6.45, 7) is 4.70. The Kier molecular flexibility index (Phi) is 18.7. The molecule has 10 nitrogen and oxygen atoms in total. The van der Waals surface area contributed by atoms with Gasteiger partial charge in [-0.25, -0.2) is 0 Å². The van der Waals surface area contributed by atoms with Gasteiger partial charge in [0.15, 0.2) is 0 Å². The van der Waals surface area contributed by atoms with Gasteiger partial charge in [0.25, 0.3) is 5.91 Å². The van der Waals surface area contributed by atoms with E-state index in [4.69, 9.17) is 23.7 Å². The maximum atomic E-state index is 15.2. The molecule has 0 bridgehead atoms. The molecule has 0 heterocycles. The Morgan fingerprint density at radius 1 is 0.562 bits per heavy atom. The van der Waals surface area contributed by atoms with E-state index in [1.807, 2.05) is 166 Å². The van der Waals surface area contributed by atoms with E-state index >= 15 is 4.79 Å². The molecular formula is C54H60N2O8. The zero-order valence-corrected chi connectivity index (χ0v) is 36.9. The molecule has 5 atom stereocenters. The first-order chi connectivity index (χ1) is 31.3. The van der Waals surface area contributed by atoms with Crippen LogP contribution in [0.3, 0.4) is 0 Å². The topological polar surface area (TPSA) is 116 Å². The number of amides is 2. The van der Waals surface area contributed by atoms with Crippen molar-refractivity contribution < 1.29 is 38.4 Å².